The van der Waals surface area contributed by atoms with E-state index in [4.69, 9.17) is 9.47 Å². The Morgan fingerprint density at radius 2 is 2.20 bits per heavy atom. The lowest BCUT2D eigenvalue weighted by molar-refractivity contribution is -0.121. The van der Waals surface area contributed by atoms with Crippen LogP contribution in [0.15, 0.2) is 12.1 Å². The van der Waals surface area contributed by atoms with Crippen LogP contribution in [0.5, 0.6) is 11.5 Å². The fraction of sp³-hybridized carbons (Fsp3) is 0.467. The molecule has 108 valence electrons. The predicted molar refractivity (Wildman–Crippen MR) is 75.7 cm³/mol. The molecule has 1 heterocycles. The topological polar surface area (TPSA) is 55.8 Å². The second kappa shape index (κ2) is 5.94. The lowest BCUT2D eigenvalue weighted by Crippen LogP contribution is -2.40. The SMILES string of the molecule is COc1cc(C=O)cc2c1OCC(=O)N2CCC(C)C. The van der Waals surface area contributed by atoms with Crippen LogP contribution in [0.2, 0.25) is 0 Å². The molecule has 1 amide bonds. The van der Waals surface area contributed by atoms with E-state index in [9.17, 15) is 9.59 Å². The summed E-state index contributed by atoms with van der Waals surface area (Å²) in [7, 11) is 1.52. The van der Waals surface area contributed by atoms with Crippen LogP contribution in [-0.2, 0) is 4.79 Å². The summed E-state index contributed by atoms with van der Waals surface area (Å²) in [5.74, 6) is 1.40. The van der Waals surface area contributed by atoms with Gasteiger partial charge in [0.2, 0.25) is 0 Å². The second-order valence-corrected chi connectivity index (χ2v) is 5.21. The molecule has 0 spiro atoms. The van der Waals surface area contributed by atoms with Gasteiger partial charge in [-0.1, -0.05) is 13.8 Å². The van der Waals surface area contributed by atoms with Crippen LogP contribution in [-0.4, -0.2) is 32.5 Å². The lowest BCUT2D eigenvalue weighted by Gasteiger charge is -2.31. The van der Waals surface area contributed by atoms with Gasteiger partial charge in [0.15, 0.2) is 18.1 Å². The van der Waals surface area contributed by atoms with Gasteiger partial charge in [-0.2, -0.15) is 0 Å². The minimum Gasteiger partial charge on any atom is -0.493 e. The molecule has 0 N–H and O–H groups in total. The smallest absolute Gasteiger partial charge is 0.265 e. The molecule has 0 unspecified atom stereocenters. The first kappa shape index (κ1) is 14.4. The molecule has 5 nitrogen and oxygen atoms in total. The third kappa shape index (κ3) is 2.76. The summed E-state index contributed by atoms with van der Waals surface area (Å²) in [4.78, 5) is 24.7. The fourth-order valence-corrected chi connectivity index (χ4v) is 2.15. The van der Waals surface area contributed by atoms with Crippen molar-refractivity contribution < 1.29 is 19.1 Å². The van der Waals surface area contributed by atoms with Gasteiger partial charge in [0.1, 0.15) is 6.29 Å². The Morgan fingerprint density at radius 1 is 1.45 bits per heavy atom. The number of rotatable bonds is 5. The number of hydrogen-bond acceptors (Lipinski definition) is 4. The standard InChI is InChI=1S/C15H19NO4/c1-10(2)4-5-16-12-6-11(8-17)7-13(19-3)15(12)20-9-14(16)18/h6-8,10H,4-5,9H2,1-3H3. The van der Waals surface area contributed by atoms with Gasteiger partial charge in [0, 0.05) is 12.1 Å². The van der Waals surface area contributed by atoms with E-state index in [1.807, 2.05) is 0 Å². The van der Waals surface area contributed by atoms with Gasteiger partial charge in [0.25, 0.3) is 5.91 Å². The highest BCUT2D eigenvalue weighted by Crippen LogP contribution is 2.41. The molecule has 1 aromatic rings. The van der Waals surface area contributed by atoms with Crippen LogP contribution in [0.3, 0.4) is 0 Å². The summed E-state index contributed by atoms with van der Waals surface area (Å²) in [5.41, 5.74) is 1.08. The first-order chi connectivity index (χ1) is 9.56. The molecule has 0 aliphatic carbocycles. The fourth-order valence-electron chi connectivity index (χ4n) is 2.15. The normalized spacial score (nSPS) is 14.0. The summed E-state index contributed by atoms with van der Waals surface area (Å²) in [6, 6.07) is 3.28. The van der Waals surface area contributed by atoms with Crippen molar-refractivity contribution in [3.8, 4) is 11.5 Å². The van der Waals surface area contributed by atoms with Crippen LogP contribution in [0, 0.1) is 5.92 Å². The number of hydrogen-bond donors (Lipinski definition) is 0. The molecule has 0 saturated heterocycles. The van der Waals surface area contributed by atoms with Crippen LogP contribution < -0.4 is 14.4 Å². The van der Waals surface area contributed by atoms with Crippen LogP contribution >= 0.6 is 0 Å². The second-order valence-electron chi connectivity index (χ2n) is 5.21. The highest BCUT2D eigenvalue weighted by molar-refractivity contribution is 5.99. The van der Waals surface area contributed by atoms with Crippen molar-refractivity contribution in [1.29, 1.82) is 0 Å². The zero-order chi connectivity index (χ0) is 14.7. The molecule has 5 heteroatoms. The quantitative estimate of drug-likeness (QED) is 0.775. The molecular weight excluding hydrogens is 258 g/mol. The average Bonchev–Trinajstić information content (AvgIpc) is 2.44. The van der Waals surface area contributed by atoms with Crippen molar-refractivity contribution in [2.24, 2.45) is 5.92 Å². The first-order valence-corrected chi connectivity index (χ1v) is 6.67. The Balaban J connectivity index is 2.42. The summed E-state index contributed by atoms with van der Waals surface area (Å²) < 4.78 is 10.7. The summed E-state index contributed by atoms with van der Waals surface area (Å²) in [6.07, 6.45) is 1.63. The largest absolute Gasteiger partial charge is 0.493 e. The molecule has 0 bridgehead atoms. The van der Waals surface area contributed by atoms with E-state index in [0.717, 1.165) is 12.7 Å². The van der Waals surface area contributed by atoms with E-state index in [1.165, 1.54) is 7.11 Å². The number of carbonyl (C=O) groups is 2. The number of anilines is 1. The van der Waals surface area contributed by atoms with Gasteiger partial charge in [-0.3, -0.25) is 9.59 Å². The van der Waals surface area contributed by atoms with Crippen LogP contribution in [0.25, 0.3) is 0 Å². The molecule has 0 atom stereocenters. The van der Waals surface area contributed by atoms with Crippen LogP contribution in [0.4, 0.5) is 5.69 Å². The Hall–Kier alpha value is -2.04. The monoisotopic (exact) mass is 277 g/mol. The zero-order valence-electron chi connectivity index (χ0n) is 12.0. The summed E-state index contributed by atoms with van der Waals surface area (Å²) in [5, 5.41) is 0. The molecule has 0 saturated carbocycles. The maximum Gasteiger partial charge on any atom is 0.265 e. The molecule has 1 aliphatic heterocycles. The summed E-state index contributed by atoms with van der Waals surface area (Å²) >= 11 is 0. The van der Waals surface area contributed by atoms with Gasteiger partial charge in [-0.15, -0.1) is 0 Å². The highest BCUT2D eigenvalue weighted by atomic mass is 16.5. The van der Waals surface area contributed by atoms with Crippen LogP contribution in [0.1, 0.15) is 30.6 Å². The van der Waals surface area contributed by atoms with Gasteiger partial charge in [0.05, 0.1) is 12.8 Å². The number of fused-ring (bicyclic) bond motifs is 1. The molecule has 0 radical (unpaired) electrons. The number of nitrogens with zero attached hydrogens (tertiary/aromatic N) is 1. The Kier molecular flexibility index (Phi) is 4.27. The van der Waals surface area contributed by atoms with E-state index >= 15 is 0 Å². The minimum absolute atomic E-state index is 0.00188. The molecule has 0 aromatic heterocycles. The van der Waals surface area contributed by atoms with Crippen molar-refractivity contribution in [2.75, 3.05) is 25.2 Å². The van der Waals surface area contributed by atoms with Crippen molar-refractivity contribution in [2.45, 2.75) is 20.3 Å². The van der Waals surface area contributed by atoms with E-state index in [0.29, 0.717) is 35.2 Å². The predicted octanol–water partition coefficient (Wildman–Crippen LogP) is 2.28. The summed E-state index contributed by atoms with van der Waals surface area (Å²) in [6.45, 7) is 4.82. The molecule has 2 rings (SSSR count). The van der Waals surface area contributed by atoms with Gasteiger partial charge < -0.3 is 14.4 Å². The van der Waals surface area contributed by atoms with Gasteiger partial charge >= 0.3 is 0 Å². The Morgan fingerprint density at radius 3 is 2.80 bits per heavy atom. The van der Waals surface area contributed by atoms with E-state index in [2.05, 4.69) is 13.8 Å². The maximum atomic E-state index is 12.0. The molecule has 20 heavy (non-hydrogen) atoms. The zero-order valence-corrected chi connectivity index (χ0v) is 12.0. The minimum atomic E-state index is -0.0942. The lowest BCUT2D eigenvalue weighted by atomic mass is 10.1. The van der Waals surface area contributed by atoms with Crippen molar-refractivity contribution in [1.82, 2.24) is 0 Å². The number of methoxy groups -OCH3 is 1. The molecule has 0 fully saturated rings. The average molecular weight is 277 g/mol. The maximum absolute atomic E-state index is 12.0. The molecule has 1 aliphatic rings. The Bertz CT molecular complexity index is 525. The molecule has 1 aromatic carbocycles. The van der Waals surface area contributed by atoms with Crippen molar-refractivity contribution >= 4 is 17.9 Å². The number of benzene rings is 1. The third-order valence-corrected chi connectivity index (χ3v) is 3.28. The van der Waals surface area contributed by atoms with E-state index < -0.39 is 0 Å². The number of amides is 1. The molecular formula is C15H19NO4. The van der Waals surface area contributed by atoms with Crippen molar-refractivity contribution in [3.63, 3.8) is 0 Å². The number of aldehydes is 1. The highest BCUT2D eigenvalue weighted by Gasteiger charge is 2.28. The van der Waals surface area contributed by atoms with Crippen molar-refractivity contribution in [3.05, 3.63) is 17.7 Å². The van der Waals surface area contributed by atoms with Gasteiger partial charge in [-0.05, 0) is 24.5 Å². The van der Waals surface area contributed by atoms with E-state index in [1.54, 1.807) is 17.0 Å². The van der Waals surface area contributed by atoms with Gasteiger partial charge in [-0.25, -0.2) is 0 Å². The third-order valence-electron chi connectivity index (χ3n) is 3.28. The number of ether oxygens (including phenoxy) is 2. The Labute approximate surface area is 118 Å². The number of carbonyl (C=O) groups excluding carboxylic acids is 2. The first-order valence-electron chi connectivity index (χ1n) is 6.67. The van der Waals surface area contributed by atoms with E-state index in [-0.39, 0.29) is 12.5 Å².